The average molecular weight is 263 g/mol. The molecule has 0 aliphatic heterocycles. The Morgan fingerprint density at radius 1 is 0.550 bits per heavy atom. The lowest BCUT2D eigenvalue weighted by molar-refractivity contribution is 0.628. The summed E-state index contributed by atoms with van der Waals surface area (Å²) in [4.78, 5) is 0. The van der Waals surface area contributed by atoms with E-state index in [0.29, 0.717) is 0 Å². The summed E-state index contributed by atoms with van der Waals surface area (Å²) in [6, 6.07) is 24.8. The van der Waals surface area contributed by atoms with Crippen molar-refractivity contribution in [2.24, 2.45) is 0 Å². The molecule has 3 aromatic carbocycles. The van der Waals surface area contributed by atoms with Crippen LogP contribution in [0.1, 0.15) is 0 Å². The van der Waals surface area contributed by atoms with Crippen molar-refractivity contribution in [3.8, 4) is 11.1 Å². The van der Waals surface area contributed by atoms with Gasteiger partial charge in [0, 0.05) is 11.4 Å². The highest BCUT2D eigenvalue weighted by atomic mass is 19.1. The summed E-state index contributed by atoms with van der Waals surface area (Å²) in [5.74, 6) is -0.227. The minimum Gasteiger partial charge on any atom is -0.356 e. The maximum atomic E-state index is 12.8. The van der Waals surface area contributed by atoms with Crippen LogP contribution in [-0.4, -0.2) is 0 Å². The largest absolute Gasteiger partial charge is 0.356 e. The maximum absolute atomic E-state index is 12.8. The van der Waals surface area contributed by atoms with Crippen molar-refractivity contribution >= 4 is 11.4 Å². The Labute approximate surface area is 117 Å². The summed E-state index contributed by atoms with van der Waals surface area (Å²) >= 11 is 0. The molecule has 1 nitrogen and oxygen atoms in total. The third kappa shape index (κ3) is 2.86. The lowest BCUT2D eigenvalue weighted by Gasteiger charge is -2.07. The van der Waals surface area contributed by atoms with E-state index in [2.05, 4.69) is 29.6 Å². The van der Waals surface area contributed by atoms with Crippen LogP contribution in [0.3, 0.4) is 0 Å². The third-order valence-electron chi connectivity index (χ3n) is 3.12. The lowest BCUT2D eigenvalue weighted by atomic mass is 10.1. The molecule has 0 heterocycles. The Morgan fingerprint density at radius 2 is 1.05 bits per heavy atom. The molecule has 0 saturated carbocycles. The third-order valence-corrected chi connectivity index (χ3v) is 3.12. The molecular weight excluding hydrogens is 249 g/mol. The van der Waals surface area contributed by atoms with Crippen molar-refractivity contribution in [3.63, 3.8) is 0 Å². The second kappa shape index (κ2) is 5.57. The van der Waals surface area contributed by atoms with Crippen LogP contribution >= 0.6 is 0 Å². The van der Waals surface area contributed by atoms with Crippen molar-refractivity contribution in [1.82, 2.24) is 0 Å². The van der Waals surface area contributed by atoms with E-state index in [4.69, 9.17) is 0 Å². The number of rotatable bonds is 3. The van der Waals surface area contributed by atoms with Gasteiger partial charge in [0.25, 0.3) is 0 Å². The second-order valence-electron chi connectivity index (χ2n) is 4.58. The molecule has 2 heteroatoms. The number of hydrogen-bond donors (Lipinski definition) is 1. The fourth-order valence-electron chi connectivity index (χ4n) is 2.08. The van der Waals surface area contributed by atoms with Crippen molar-refractivity contribution in [2.45, 2.75) is 0 Å². The van der Waals surface area contributed by atoms with Gasteiger partial charge in [0.15, 0.2) is 0 Å². The molecule has 0 fully saturated rings. The summed E-state index contributed by atoms with van der Waals surface area (Å²) in [6.07, 6.45) is 0. The second-order valence-corrected chi connectivity index (χ2v) is 4.58. The van der Waals surface area contributed by atoms with Crippen LogP contribution < -0.4 is 5.32 Å². The Hall–Kier alpha value is -2.61. The van der Waals surface area contributed by atoms with Gasteiger partial charge < -0.3 is 5.32 Å². The molecule has 0 amide bonds. The number of nitrogens with one attached hydrogen (secondary N) is 1. The first-order valence-electron chi connectivity index (χ1n) is 6.49. The van der Waals surface area contributed by atoms with Gasteiger partial charge in [-0.3, -0.25) is 0 Å². The monoisotopic (exact) mass is 263 g/mol. The topological polar surface area (TPSA) is 12.0 Å². The Kier molecular flexibility index (Phi) is 3.46. The maximum Gasteiger partial charge on any atom is 0.123 e. The summed E-state index contributed by atoms with van der Waals surface area (Å²) < 4.78 is 12.8. The Balaban J connectivity index is 1.78. The molecule has 3 rings (SSSR count). The summed E-state index contributed by atoms with van der Waals surface area (Å²) in [7, 11) is 0. The van der Waals surface area contributed by atoms with Crippen LogP contribution in [0.25, 0.3) is 11.1 Å². The molecule has 0 spiro atoms. The fraction of sp³-hybridized carbons (Fsp3) is 0. The molecule has 0 aromatic heterocycles. The van der Waals surface area contributed by atoms with Crippen LogP contribution in [0, 0.1) is 5.82 Å². The molecule has 1 N–H and O–H groups in total. The number of halogens is 1. The van der Waals surface area contributed by atoms with Gasteiger partial charge in [-0.2, -0.15) is 0 Å². The van der Waals surface area contributed by atoms with E-state index in [9.17, 15) is 4.39 Å². The minimum absolute atomic E-state index is 0.227. The number of benzene rings is 3. The van der Waals surface area contributed by atoms with E-state index in [1.165, 1.54) is 23.3 Å². The first-order chi connectivity index (χ1) is 9.81. The standard InChI is InChI=1S/C18H14FN/c19-16-8-12-18(13-9-16)20-17-10-6-15(7-11-17)14-4-2-1-3-5-14/h1-13,20H. The molecule has 0 radical (unpaired) electrons. The molecule has 0 saturated heterocycles. The van der Waals surface area contributed by atoms with Gasteiger partial charge in [0.2, 0.25) is 0 Å². The molecule has 3 aromatic rings. The SMILES string of the molecule is Fc1ccc(Nc2ccc(-c3ccccc3)cc2)cc1. The van der Waals surface area contributed by atoms with Crippen LogP contribution in [0.15, 0.2) is 78.9 Å². The molecule has 0 aliphatic rings. The molecule has 0 bridgehead atoms. The summed E-state index contributed by atoms with van der Waals surface area (Å²) in [5, 5.41) is 3.24. The van der Waals surface area contributed by atoms with E-state index in [1.54, 1.807) is 12.1 Å². The van der Waals surface area contributed by atoms with Gasteiger partial charge in [-0.25, -0.2) is 4.39 Å². The van der Waals surface area contributed by atoms with Gasteiger partial charge in [0.1, 0.15) is 5.82 Å². The van der Waals surface area contributed by atoms with Crippen molar-refractivity contribution in [2.75, 3.05) is 5.32 Å². The van der Waals surface area contributed by atoms with E-state index < -0.39 is 0 Å². The van der Waals surface area contributed by atoms with Gasteiger partial charge in [-0.1, -0.05) is 42.5 Å². The van der Waals surface area contributed by atoms with Crippen molar-refractivity contribution in [3.05, 3.63) is 84.7 Å². The zero-order chi connectivity index (χ0) is 13.8. The van der Waals surface area contributed by atoms with Crippen LogP contribution in [0.2, 0.25) is 0 Å². The van der Waals surface area contributed by atoms with Crippen LogP contribution in [0.5, 0.6) is 0 Å². The van der Waals surface area contributed by atoms with Crippen LogP contribution in [-0.2, 0) is 0 Å². The van der Waals surface area contributed by atoms with Gasteiger partial charge in [0.05, 0.1) is 0 Å². The Morgan fingerprint density at radius 3 is 1.65 bits per heavy atom. The molecule has 98 valence electrons. The van der Waals surface area contributed by atoms with Gasteiger partial charge >= 0.3 is 0 Å². The average Bonchev–Trinajstić information content (AvgIpc) is 2.51. The van der Waals surface area contributed by atoms with E-state index >= 15 is 0 Å². The Bertz CT molecular complexity index is 673. The first kappa shape index (κ1) is 12.4. The van der Waals surface area contributed by atoms with Crippen LogP contribution in [0.4, 0.5) is 15.8 Å². The highest BCUT2D eigenvalue weighted by Crippen LogP contribution is 2.23. The zero-order valence-electron chi connectivity index (χ0n) is 10.9. The zero-order valence-corrected chi connectivity index (χ0v) is 10.9. The van der Waals surface area contributed by atoms with E-state index in [0.717, 1.165) is 11.4 Å². The molecule has 0 unspecified atom stereocenters. The smallest absolute Gasteiger partial charge is 0.123 e. The summed E-state index contributed by atoms with van der Waals surface area (Å²) in [5.41, 5.74) is 4.23. The van der Waals surface area contributed by atoms with Crippen molar-refractivity contribution < 1.29 is 4.39 Å². The van der Waals surface area contributed by atoms with Gasteiger partial charge in [-0.05, 0) is 47.5 Å². The van der Waals surface area contributed by atoms with Crippen molar-refractivity contribution in [1.29, 1.82) is 0 Å². The first-order valence-corrected chi connectivity index (χ1v) is 6.49. The highest BCUT2D eigenvalue weighted by Gasteiger charge is 1.98. The minimum atomic E-state index is -0.227. The van der Waals surface area contributed by atoms with E-state index in [1.807, 2.05) is 30.3 Å². The molecule has 0 atom stereocenters. The lowest BCUT2D eigenvalue weighted by Crippen LogP contribution is -1.90. The fourth-order valence-corrected chi connectivity index (χ4v) is 2.08. The summed E-state index contributed by atoms with van der Waals surface area (Å²) in [6.45, 7) is 0. The molecular formula is C18H14FN. The quantitative estimate of drug-likeness (QED) is 0.681. The van der Waals surface area contributed by atoms with E-state index in [-0.39, 0.29) is 5.82 Å². The number of hydrogen-bond acceptors (Lipinski definition) is 1. The normalized spacial score (nSPS) is 10.2. The molecule has 20 heavy (non-hydrogen) atoms. The predicted octanol–water partition coefficient (Wildman–Crippen LogP) is 5.24. The predicted molar refractivity (Wildman–Crippen MR) is 81.6 cm³/mol. The molecule has 0 aliphatic carbocycles. The highest BCUT2D eigenvalue weighted by molar-refractivity contribution is 5.68. The van der Waals surface area contributed by atoms with Gasteiger partial charge in [-0.15, -0.1) is 0 Å². The number of anilines is 2.